The van der Waals surface area contributed by atoms with Crippen LogP contribution in [0.4, 0.5) is 17.6 Å². The molecule has 0 fully saturated rings. The van der Waals surface area contributed by atoms with Gasteiger partial charge in [0.15, 0.2) is 0 Å². The van der Waals surface area contributed by atoms with Crippen molar-refractivity contribution < 1.29 is 32.6 Å². The highest BCUT2D eigenvalue weighted by molar-refractivity contribution is 5.73. The van der Waals surface area contributed by atoms with Crippen LogP contribution >= 0.6 is 0 Å². The van der Waals surface area contributed by atoms with E-state index < -0.39 is 47.3 Å². The average Bonchev–Trinajstić information content (AvgIpc) is 2.21. The van der Waals surface area contributed by atoms with Gasteiger partial charge in [-0.25, -0.2) is 4.39 Å². The molecule has 1 rings (SSSR count). The summed E-state index contributed by atoms with van der Waals surface area (Å²) in [6, 6.07) is -0.610. The number of nitrogens with two attached hydrogens (primary N) is 1. The minimum atomic E-state index is -4.98. The van der Waals surface area contributed by atoms with E-state index in [0.29, 0.717) is 6.07 Å². The number of alkyl halides is 3. The molecule has 0 saturated carbocycles. The fourth-order valence-corrected chi connectivity index (χ4v) is 1.35. The Morgan fingerprint density at radius 3 is 2.39 bits per heavy atom. The maximum Gasteiger partial charge on any atom is 0.419 e. The Morgan fingerprint density at radius 1 is 1.39 bits per heavy atom. The van der Waals surface area contributed by atoms with E-state index in [-0.39, 0.29) is 6.07 Å². The number of aliphatic carboxylic acids is 1. The van der Waals surface area contributed by atoms with Gasteiger partial charge in [-0.1, -0.05) is 0 Å². The third kappa shape index (κ3) is 3.10. The smallest absolute Gasteiger partial charge is 0.419 e. The highest BCUT2D eigenvalue weighted by Gasteiger charge is 2.36. The van der Waals surface area contributed by atoms with Crippen LogP contribution in [0.3, 0.4) is 0 Å². The lowest BCUT2D eigenvalue weighted by Gasteiger charge is -2.13. The Hall–Kier alpha value is -1.83. The number of rotatable bonds is 3. The van der Waals surface area contributed by atoms with Gasteiger partial charge in [-0.15, -0.1) is 0 Å². The standard InChI is InChI=1S/C10H9F4NO3/c11-8-4(2-7(15)9(17)18)1-5(16)3-6(8)10(12,13)14/h1,3,7,16H,2,15H2,(H,17,18). The molecule has 0 saturated heterocycles. The van der Waals surface area contributed by atoms with Crippen molar-refractivity contribution in [2.75, 3.05) is 0 Å². The van der Waals surface area contributed by atoms with Crippen molar-refractivity contribution in [3.8, 4) is 5.75 Å². The predicted octanol–water partition coefficient (Wildman–Crippen LogP) is 1.50. The molecular formula is C10H9F4NO3. The summed E-state index contributed by atoms with van der Waals surface area (Å²) in [4.78, 5) is 10.4. The molecule has 1 aromatic carbocycles. The maximum absolute atomic E-state index is 13.5. The van der Waals surface area contributed by atoms with Crippen molar-refractivity contribution in [3.05, 3.63) is 29.1 Å². The van der Waals surface area contributed by atoms with E-state index in [1.54, 1.807) is 0 Å². The first-order valence-corrected chi connectivity index (χ1v) is 4.70. The molecule has 0 aliphatic carbocycles. The summed E-state index contributed by atoms with van der Waals surface area (Å²) in [5.74, 6) is -3.92. The number of phenolic OH excluding ortho intramolecular Hbond substituents is 1. The van der Waals surface area contributed by atoms with E-state index in [2.05, 4.69) is 0 Å². The minimum absolute atomic E-state index is 0.227. The zero-order chi connectivity index (χ0) is 14.1. The first-order chi connectivity index (χ1) is 8.12. The molecule has 1 atom stereocenters. The number of hydrogen-bond acceptors (Lipinski definition) is 3. The third-order valence-corrected chi connectivity index (χ3v) is 2.20. The number of carboxylic acid groups (broad SMARTS) is 1. The highest BCUT2D eigenvalue weighted by atomic mass is 19.4. The molecule has 0 aliphatic rings. The van der Waals surface area contributed by atoms with Crippen LogP contribution in [-0.4, -0.2) is 22.2 Å². The van der Waals surface area contributed by atoms with Gasteiger partial charge in [-0.05, 0) is 17.7 Å². The van der Waals surface area contributed by atoms with Gasteiger partial charge in [-0.2, -0.15) is 13.2 Å². The number of halogens is 4. The van der Waals surface area contributed by atoms with Crippen LogP contribution < -0.4 is 5.73 Å². The molecule has 0 bridgehead atoms. The lowest BCUT2D eigenvalue weighted by atomic mass is 10.0. The van der Waals surface area contributed by atoms with Crippen molar-refractivity contribution in [2.24, 2.45) is 5.73 Å². The molecule has 0 spiro atoms. The number of benzene rings is 1. The zero-order valence-corrected chi connectivity index (χ0v) is 8.83. The quantitative estimate of drug-likeness (QED) is 0.725. The molecule has 1 unspecified atom stereocenters. The molecule has 1 aromatic rings. The summed E-state index contributed by atoms with van der Waals surface area (Å²) in [6.45, 7) is 0. The number of aromatic hydroxyl groups is 1. The van der Waals surface area contributed by atoms with Crippen LogP contribution in [0.1, 0.15) is 11.1 Å². The SMILES string of the molecule is NC(Cc1cc(O)cc(C(F)(F)F)c1F)C(=O)O. The molecule has 4 N–H and O–H groups in total. The summed E-state index contributed by atoms with van der Waals surface area (Å²) in [5, 5.41) is 17.6. The first-order valence-electron chi connectivity index (χ1n) is 4.70. The first kappa shape index (κ1) is 14.2. The molecule has 0 aromatic heterocycles. The van der Waals surface area contributed by atoms with Crippen molar-refractivity contribution in [3.63, 3.8) is 0 Å². The summed E-state index contributed by atoms with van der Waals surface area (Å²) < 4.78 is 50.7. The average molecular weight is 267 g/mol. The zero-order valence-electron chi connectivity index (χ0n) is 8.83. The fourth-order valence-electron chi connectivity index (χ4n) is 1.35. The topological polar surface area (TPSA) is 83.5 Å². The monoisotopic (exact) mass is 267 g/mol. The Labute approximate surface area is 98.6 Å². The summed E-state index contributed by atoms with van der Waals surface area (Å²) in [5.41, 5.74) is 2.84. The summed E-state index contributed by atoms with van der Waals surface area (Å²) >= 11 is 0. The molecule has 4 nitrogen and oxygen atoms in total. The largest absolute Gasteiger partial charge is 0.508 e. The summed E-state index contributed by atoms with van der Waals surface area (Å²) in [7, 11) is 0. The Balaban J connectivity index is 3.22. The van der Waals surface area contributed by atoms with Crippen LogP contribution in [0.5, 0.6) is 5.75 Å². The summed E-state index contributed by atoms with van der Waals surface area (Å²) in [6.07, 6.45) is -5.64. The highest BCUT2D eigenvalue weighted by Crippen LogP contribution is 2.35. The third-order valence-electron chi connectivity index (χ3n) is 2.20. The van der Waals surface area contributed by atoms with Gasteiger partial charge in [0.05, 0.1) is 5.56 Å². The van der Waals surface area contributed by atoms with E-state index in [0.717, 1.165) is 0 Å². The molecule has 0 amide bonds. The second-order valence-corrected chi connectivity index (χ2v) is 3.61. The maximum atomic E-state index is 13.5. The Kier molecular flexibility index (Phi) is 3.80. The van der Waals surface area contributed by atoms with E-state index in [9.17, 15) is 22.4 Å². The van der Waals surface area contributed by atoms with Crippen LogP contribution in [0.2, 0.25) is 0 Å². The van der Waals surface area contributed by atoms with E-state index in [1.807, 2.05) is 0 Å². The lowest BCUT2D eigenvalue weighted by Crippen LogP contribution is -2.32. The van der Waals surface area contributed by atoms with Gasteiger partial charge in [0, 0.05) is 6.42 Å². The predicted molar refractivity (Wildman–Crippen MR) is 52.4 cm³/mol. The lowest BCUT2D eigenvalue weighted by molar-refractivity contribution is -0.140. The van der Waals surface area contributed by atoms with E-state index in [1.165, 1.54) is 0 Å². The Morgan fingerprint density at radius 2 is 1.94 bits per heavy atom. The molecule has 8 heteroatoms. The number of carboxylic acids is 1. The van der Waals surface area contributed by atoms with Crippen molar-refractivity contribution >= 4 is 5.97 Å². The number of phenols is 1. The van der Waals surface area contributed by atoms with Gasteiger partial charge in [-0.3, -0.25) is 4.79 Å². The number of carbonyl (C=O) groups is 1. The van der Waals surface area contributed by atoms with Gasteiger partial charge in [0.1, 0.15) is 17.6 Å². The molecule has 0 heterocycles. The van der Waals surface area contributed by atoms with Crippen LogP contribution in [0, 0.1) is 5.82 Å². The van der Waals surface area contributed by atoms with Gasteiger partial charge in [0.25, 0.3) is 0 Å². The second kappa shape index (κ2) is 4.81. The Bertz CT molecular complexity index is 473. The van der Waals surface area contributed by atoms with E-state index >= 15 is 0 Å². The van der Waals surface area contributed by atoms with Gasteiger partial charge >= 0.3 is 12.1 Å². The van der Waals surface area contributed by atoms with Gasteiger partial charge in [0.2, 0.25) is 0 Å². The molecule has 0 aliphatic heterocycles. The van der Waals surface area contributed by atoms with Crippen LogP contribution in [0.25, 0.3) is 0 Å². The van der Waals surface area contributed by atoms with Crippen LogP contribution in [-0.2, 0) is 17.4 Å². The normalized spacial score (nSPS) is 13.4. The molecule has 18 heavy (non-hydrogen) atoms. The van der Waals surface area contributed by atoms with Crippen molar-refractivity contribution in [2.45, 2.75) is 18.6 Å². The molecular weight excluding hydrogens is 258 g/mol. The molecule has 0 radical (unpaired) electrons. The van der Waals surface area contributed by atoms with E-state index in [4.69, 9.17) is 15.9 Å². The van der Waals surface area contributed by atoms with Crippen molar-refractivity contribution in [1.82, 2.24) is 0 Å². The molecule has 100 valence electrons. The minimum Gasteiger partial charge on any atom is -0.508 e. The fraction of sp³-hybridized carbons (Fsp3) is 0.300. The second-order valence-electron chi connectivity index (χ2n) is 3.61. The van der Waals surface area contributed by atoms with Crippen molar-refractivity contribution in [1.29, 1.82) is 0 Å². The number of hydrogen-bond donors (Lipinski definition) is 3. The van der Waals surface area contributed by atoms with Gasteiger partial charge < -0.3 is 15.9 Å². The van der Waals surface area contributed by atoms with Crippen LogP contribution in [0.15, 0.2) is 12.1 Å².